The third-order valence-electron chi connectivity index (χ3n) is 6.46. The highest BCUT2D eigenvalue weighted by atomic mass is 19.1. The van der Waals surface area contributed by atoms with E-state index in [4.69, 9.17) is 15.5 Å². The first-order valence-electron chi connectivity index (χ1n) is 11.9. The predicted octanol–water partition coefficient (Wildman–Crippen LogP) is 2.86. The van der Waals surface area contributed by atoms with Crippen molar-refractivity contribution in [3.05, 3.63) is 58.9 Å². The second-order valence-electron chi connectivity index (χ2n) is 9.25. The normalized spacial score (nSPS) is 15.7. The number of morpholine rings is 1. The van der Waals surface area contributed by atoms with E-state index >= 15 is 8.78 Å². The molecule has 3 aromatic rings. The summed E-state index contributed by atoms with van der Waals surface area (Å²) in [6.07, 6.45) is 0.564. The van der Waals surface area contributed by atoms with Crippen LogP contribution in [0.4, 0.5) is 20.3 Å². The summed E-state index contributed by atoms with van der Waals surface area (Å²) in [5.74, 6) is -1.85. The lowest BCUT2D eigenvalue weighted by atomic mass is 9.93. The molecule has 2 aliphatic heterocycles. The Balaban J connectivity index is 1.59. The minimum absolute atomic E-state index is 0.127. The molecule has 3 N–H and O–H groups in total. The maximum absolute atomic E-state index is 15.1. The van der Waals surface area contributed by atoms with Gasteiger partial charge in [-0.2, -0.15) is 4.39 Å². The molecule has 0 atom stereocenters. The summed E-state index contributed by atoms with van der Waals surface area (Å²) in [5, 5.41) is 2.71. The van der Waals surface area contributed by atoms with Crippen LogP contribution in [-0.2, 0) is 17.7 Å². The number of rotatable bonds is 5. The lowest BCUT2D eigenvalue weighted by Gasteiger charge is -2.31. The zero-order valence-electron chi connectivity index (χ0n) is 20.3. The van der Waals surface area contributed by atoms with Crippen LogP contribution in [0.15, 0.2) is 30.3 Å². The summed E-state index contributed by atoms with van der Waals surface area (Å²) in [6, 6.07) is 7.97. The van der Waals surface area contributed by atoms with Crippen molar-refractivity contribution in [1.29, 1.82) is 0 Å². The first kappa shape index (κ1) is 24.1. The maximum atomic E-state index is 15.1. The van der Waals surface area contributed by atoms with E-state index in [-0.39, 0.29) is 28.4 Å². The van der Waals surface area contributed by atoms with Gasteiger partial charge in [0.25, 0.3) is 5.91 Å². The number of amides is 1. The van der Waals surface area contributed by atoms with Crippen molar-refractivity contribution in [2.24, 2.45) is 0 Å². The van der Waals surface area contributed by atoms with Crippen LogP contribution in [0.3, 0.4) is 0 Å². The van der Waals surface area contributed by atoms with Crippen LogP contribution in [0.5, 0.6) is 0 Å². The van der Waals surface area contributed by atoms with E-state index in [1.165, 1.54) is 12.1 Å². The summed E-state index contributed by atoms with van der Waals surface area (Å²) in [6.45, 7) is 3.79. The zero-order valence-corrected chi connectivity index (χ0v) is 20.3. The number of carbonyl (C=O) groups excluding carboxylic acids is 1. The maximum Gasteiger partial charge on any atom is 0.251 e. The Morgan fingerprint density at radius 3 is 2.58 bits per heavy atom. The van der Waals surface area contributed by atoms with Crippen molar-refractivity contribution >= 4 is 17.4 Å². The van der Waals surface area contributed by atoms with Gasteiger partial charge in [-0.1, -0.05) is 0 Å². The second-order valence-corrected chi connectivity index (χ2v) is 9.25. The molecule has 0 bridgehead atoms. The molecular formula is C26H28F2N6O2. The standard InChI is InChI=1S/C26H28F2N6O2/c1-33(2)14-22-23(34-7-9-36-10-8-34)4-3-21(31-22)19-12-18(25(29)32-24(19)28)17-11-15-5-6-30-26(35)16(15)13-20(17)27/h3-4,11-13H,5-10,14H2,1-2H3,(H2,29,32)(H,30,35). The van der Waals surface area contributed by atoms with Gasteiger partial charge in [-0.05, 0) is 56.4 Å². The lowest BCUT2D eigenvalue weighted by Crippen LogP contribution is -2.37. The van der Waals surface area contributed by atoms with Gasteiger partial charge in [-0.15, -0.1) is 0 Å². The molecule has 1 saturated heterocycles. The number of nitrogen functional groups attached to an aromatic ring is 1. The molecule has 4 heterocycles. The van der Waals surface area contributed by atoms with E-state index in [1.54, 1.807) is 12.1 Å². The highest BCUT2D eigenvalue weighted by molar-refractivity contribution is 5.97. The molecular weight excluding hydrogens is 466 g/mol. The van der Waals surface area contributed by atoms with E-state index in [1.807, 2.05) is 25.1 Å². The van der Waals surface area contributed by atoms with Crippen LogP contribution in [0.1, 0.15) is 21.6 Å². The molecule has 2 aromatic heterocycles. The summed E-state index contributed by atoms with van der Waals surface area (Å²) in [5.41, 5.74) is 9.76. The molecule has 188 valence electrons. The first-order chi connectivity index (χ1) is 17.3. The summed E-state index contributed by atoms with van der Waals surface area (Å²) >= 11 is 0. The van der Waals surface area contributed by atoms with Gasteiger partial charge in [0, 0.05) is 42.9 Å². The van der Waals surface area contributed by atoms with Gasteiger partial charge in [0.2, 0.25) is 5.95 Å². The number of anilines is 2. The van der Waals surface area contributed by atoms with Gasteiger partial charge >= 0.3 is 0 Å². The molecule has 36 heavy (non-hydrogen) atoms. The molecule has 8 nitrogen and oxygen atoms in total. The van der Waals surface area contributed by atoms with Crippen LogP contribution >= 0.6 is 0 Å². The van der Waals surface area contributed by atoms with Gasteiger partial charge in [-0.25, -0.2) is 14.4 Å². The monoisotopic (exact) mass is 494 g/mol. The number of benzene rings is 1. The Kier molecular flexibility index (Phi) is 6.55. The fourth-order valence-corrected chi connectivity index (χ4v) is 4.70. The third kappa shape index (κ3) is 4.61. The highest BCUT2D eigenvalue weighted by Crippen LogP contribution is 2.35. The van der Waals surface area contributed by atoms with Crippen LogP contribution in [-0.4, -0.2) is 67.7 Å². The van der Waals surface area contributed by atoms with Crippen LogP contribution in [0.2, 0.25) is 0 Å². The van der Waals surface area contributed by atoms with Gasteiger partial charge < -0.3 is 25.6 Å². The van der Waals surface area contributed by atoms with E-state index in [9.17, 15) is 4.79 Å². The molecule has 5 rings (SSSR count). The van der Waals surface area contributed by atoms with Crippen LogP contribution in [0.25, 0.3) is 22.4 Å². The fraction of sp³-hybridized carbons (Fsp3) is 0.346. The number of ether oxygens (including phenoxy) is 1. The van der Waals surface area contributed by atoms with Gasteiger partial charge in [0.15, 0.2) is 0 Å². The number of hydrogen-bond donors (Lipinski definition) is 2. The third-order valence-corrected chi connectivity index (χ3v) is 6.46. The van der Waals surface area contributed by atoms with Gasteiger partial charge in [0.05, 0.1) is 35.9 Å². The Morgan fingerprint density at radius 2 is 1.83 bits per heavy atom. The van der Waals surface area contributed by atoms with Crippen molar-refractivity contribution in [2.45, 2.75) is 13.0 Å². The fourth-order valence-electron chi connectivity index (χ4n) is 4.70. The summed E-state index contributed by atoms with van der Waals surface area (Å²) < 4.78 is 35.7. The molecule has 0 unspecified atom stereocenters. The molecule has 10 heteroatoms. The van der Waals surface area contributed by atoms with Crippen molar-refractivity contribution in [3.8, 4) is 22.4 Å². The average molecular weight is 495 g/mol. The number of halogens is 2. The van der Waals surface area contributed by atoms with Gasteiger partial charge in [-0.3, -0.25) is 4.79 Å². The number of hydrogen-bond acceptors (Lipinski definition) is 7. The second kappa shape index (κ2) is 9.79. The van der Waals surface area contributed by atoms with E-state index in [0.29, 0.717) is 49.5 Å². The Morgan fingerprint density at radius 1 is 1.06 bits per heavy atom. The molecule has 2 aliphatic rings. The number of carbonyl (C=O) groups is 1. The van der Waals surface area contributed by atoms with E-state index in [0.717, 1.165) is 24.5 Å². The summed E-state index contributed by atoms with van der Waals surface area (Å²) in [7, 11) is 3.89. The number of nitrogens with two attached hydrogens (primary N) is 1. The molecule has 1 amide bonds. The zero-order chi connectivity index (χ0) is 25.4. The largest absolute Gasteiger partial charge is 0.383 e. The Bertz CT molecular complexity index is 1320. The number of pyridine rings is 2. The quantitative estimate of drug-likeness (QED) is 0.527. The van der Waals surface area contributed by atoms with Crippen LogP contribution < -0.4 is 16.0 Å². The molecule has 1 fully saturated rings. The molecule has 1 aromatic carbocycles. The van der Waals surface area contributed by atoms with Crippen LogP contribution in [0, 0.1) is 11.8 Å². The van der Waals surface area contributed by atoms with Crippen molar-refractivity contribution in [1.82, 2.24) is 20.2 Å². The Hall–Kier alpha value is -3.63. The van der Waals surface area contributed by atoms with Gasteiger partial charge in [0.1, 0.15) is 11.6 Å². The topological polar surface area (TPSA) is 96.6 Å². The molecule has 0 aliphatic carbocycles. The molecule has 0 radical (unpaired) electrons. The number of nitrogens with one attached hydrogen (secondary N) is 1. The number of nitrogens with zero attached hydrogens (tertiary/aromatic N) is 4. The average Bonchev–Trinajstić information content (AvgIpc) is 2.85. The van der Waals surface area contributed by atoms with Crippen molar-refractivity contribution in [3.63, 3.8) is 0 Å². The molecule has 0 spiro atoms. The van der Waals surface area contributed by atoms with E-state index in [2.05, 4.69) is 15.2 Å². The number of aromatic nitrogens is 2. The van der Waals surface area contributed by atoms with Crippen molar-refractivity contribution < 1.29 is 18.3 Å². The summed E-state index contributed by atoms with van der Waals surface area (Å²) in [4.78, 5) is 25.0. The lowest BCUT2D eigenvalue weighted by molar-refractivity contribution is 0.0945. The molecule has 0 saturated carbocycles. The smallest absolute Gasteiger partial charge is 0.251 e. The van der Waals surface area contributed by atoms with E-state index < -0.39 is 11.8 Å². The minimum Gasteiger partial charge on any atom is -0.383 e. The predicted molar refractivity (Wildman–Crippen MR) is 134 cm³/mol. The Labute approximate surface area is 208 Å². The van der Waals surface area contributed by atoms with Crippen molar-refractivity contribution in [2.75, 3.05) is 57.6 Å². The SMILES string of the molecule is CN(C)Cc1nc(-c2cc(-c3cc4c(cc3F)C(=O)NCC4)c(N)nc2F)ccc1N1CCOCC1. The minimum atomic E-state index is -0.781. The highest BCUT2D eigenvalue weighted by Gasteiger charge is 2.23. The first-order valence-corrected chi connectivity index (χ1v) is 11.9. The number of fused-ring (bicyclic) bond motifs is 1.